The molecule has 0 radical (unpaired) electrons. The summed E-state index contributed by atoms with van der Waals surface area (Å²) in [5.41, 5.74) is 2.35. The SMILES string of the molecule is C#CCCCCC(=O)Nc1ccccc1-c1cn(C)nn1. The predicted molar refractivity (Wildman–Crippen MR) is 82.4 cm³/mol. The number of hydrogen-bond donors (Lipinski definition) is 1. The maximum absolute atomic E-state index is 12.0. The first-order valence-corrected chi connectivity index (χ1v) is 6.89. The Morgan fingerprint density at radius 3 is 2.90 bits per heavy atom. The molecule has 0 fully saturated rings. The van der Waals surface area contributed by atoms with Crippen LogP contribution >= 0.6 is 0 Å². The summed E-state index contributed by atoms with van der Waals surface area (Å²) in [5.74, 6) is 2.56. The number of carbonyl (C=O) groups is 1. The maximum Gasteiger partial charge on any atom is 0.224 e. The number of aryl methyl sites for hydroxylation is 1. The van der Waals surface area contributed by atoms with Gasteiger partial charge in [0.25, 0.3) is 0 Å². The van der Waals surface area contributed by atoms with Gasteiger partial charge < -0.3 is 5.32 Å². The minimum Gasteiger partial charge on any atom is -0.325 e. The molecule has 2 rings (SSSR count). The smallest absolute Gasteiger partial charge is 0.224 e. The average molecular weight is 282 g/mol. The van der Waals surface area contributed by atoms with Crippen molar-refractivity contribution in [3.05, 3.63) is 30.5 Å². The number of terminal acetylenes is 1. The van der Waals surface area contributed by atoms with Crippen molar-refractivity contribution in [1.29, 1.82) is 0 Å². The van der Waals surface area contributed by atoms with Crippen LogP contribution in [-0.4, -0.2) is 20.9 Å². The molecule has 5 nitrogen and oxygen atoms in total. The Morgan fingerprint density at radius 1 is 1.38 bits per heavy atom. The van der Waals surface area contributed by atoms with Gasteiger partial charge in [0.05, 0.1) is 11.9 Å². The molecule has 0 saturated heterocycles. The molecule has 1 heterocycles. The third kappa shape index (κ3) is 4.18. The van der Waals surface area contributed by atoms with Crippen molar-refractivity contribution in [1.82, 2.24) is 15.0 Å². The quantitative estimate of drug-likeness (QED) is 0.654. The number of carbonyl (C=O) groups excluding carboxylic acids is 1. The highest BCUT2D eigenvalue weighted by Crippen LogP contribution is 2.25. The average Bonchev–Trinajstić information content (AvgIpc) is 2.91. The Hall–Kier alpha value is -2.61. The summed E-state index contributed by atoms with van der Waals surface area (Å²) in [7, 11) is 1.81. The fourth-order valence-electron chi connectivity index (χ4n) is 2.01. The van der Waals surface area contributed by atoms with E-state index in [1.165, 1.54) is 0 Å². The summed E-state index contributed by atoms with van der Waals surface area (Å²) >= 11 is 0. The van der Waals surface area contributed by atoms with Gasteiger partial charge in [0, 0.05) is 25.5 Å². The molecule has 0 saturated carbocycles. The van der Waals surface area contributed by atoms with E-state index in [9.17, 15) is 4.79 Å². The summed E-state index contributed by atoms with van der Waals surface area (Å²) in [4.78, 5) is 12.0. The summed E-state index contributed by atoms with van der Waals surface area (Å²) in [6.07, 6.45) is 9.85. The second-order valence-corrected chi connectivity index (χ2v) is 4.78. The van der Waals surface area contributed by atoms with Gasteiger partial charge in [-0.3, -0.25) is 9.48 Å². The van der Waals surface area contributed by atoms with Crippen LogP contribution in [0.4, 0.5) is 5.69 Å². The number of hydrogen-bond acceptors (Lipinski definition) is 3. The minimum absolute atomic E-state index is 0.0108. The van der Waals surface area contributed by atoms with Crippen molar-refractivity contribution >= 4 is 11.6 Å². The van der Waals surface area contributed by atoms with Crippen molar-refractivity contribution in [2.75, 3.05) is 5.32 Å². The molecule has 0 aliphatic carbocycles. The number of nitrogens with zero attached hydrogens (tertiary/aromatic N) is 3. The molecule has 0 atom stereocenters. The lowest BCUT2D eigenvalue weighted by molar-refractivity contribution is -0.116. The van der Waals surface area contributed by atoms with Gasteiger partial charge in [-0.05, 0) is 18.9 Å². The molecule has 21 heavy (non-hydrogen) atoms. The standard InChI is InChI=1S/C16H18N4O/c1-3-4-5-6-11-16(21)17-14-10-8-7-9-13(14)15-12-20(2)19-18-15/h1,7-10,12H,4-6,11H2,2H3,(H,17,21). The second kappa shape index (κ2) is 7.25. The van der Waals surface area contributed by atoms with Crippen LogP contribution in [-0.2, 0) is 11.8 Å². The zero-order valence-electron chi connectivity index (χ0n) is 12.0. The molecule has 0 bridgehead atoms. The number of anilines is 1. The minimum atomic E-state index is -0.0108. The number of amides is 1. The number of unbranched alkanes of at least 4 members (excludes halogenated alkanes) is 2. The van der Waals surface area contributed by atoms with Crippen LogP contribution in [0.25, 0.3) is 11.3 Å². The fourth-order valence-corrected chi connectivity index (χ4v) is 2.01. The Balaban J connectivity index is 2.04. The summed E-state index contributed by atoms with van der Waals surface area (Å²) in [5, 5.41) is 10.9. The lowest BCUT2D eigenvalue weighted by atomic mass is 10.1. The number of nitrogens with one attached hydrogen (secondary N) is 1. The van der Waals surface area contributed by atoms with Crippen molar-refractivity contribution in [3.8, 4) is 23.6 Å². The number of rotatable bonds is 6. The molecule has 2 aromatic rings. The van der Waals surface area contributed by atoms with Crippen LogP contribution in [0.5, 0.6) is 0 Å². The first kappa shape index (κ1) is 14.8. The Labute approximate surface area is 124 Å². The van der Waals surface area contributed by atoms with Crippen LogP contribution < -0.4 is 5.32 Å². The molecule has 5 heteroatoms. The first-order valence-electron chi connectivity index (χ1n) is 6.89. The van der Waals surface area contributed by atoms with Gasteiger partial charge in [-0.25, -0.2) is 0 Å². The molecule has 0 aliphatic heterocycles. The maximum atomic E-state index is 12.0. The van der Waals surface area contributed by atoms with Crippen LogP contribution in [0.15, 0.2) is 30.5 Å². The molecular weight excluding hydrogens is 264 g/mol. The first-order chi connectivity index (χ1) is 10.2. The topological polar surface area (TPSA) is 59.8 Å². The zero-order valence-corrected chi connectivity index (χ0v) is 12.0. The summed E-state index contributed by atoms with van der Waals surface area (Å²) in [6.45, 7) is 0. The van der Waals surface area contributed by atoms with E-state index in [2.05, 4.69) is 21.5 Å². The van der Waals surface area contributed by atoms with Gasteiger partial charge >= 0.3 is 0 Å². The van der Waals surface area contributed by atoms with Crippen molar-refractivity contribution in [2.45, 2.75) is 25.7 Å². The highest BCUT2D eigenvalue weighted by Gasteiger charge is 2.10. The molecule has 1 aromatic heterocycles. The Morgan fingerprint density at radius 2 is 2.19 bits per heavy atom. The van der Waals surface area contributed by atoms with Gasteiger partial charge in [-0.1, -0.05) is 23.4 Å². The monoisotopic (exact) mass is 282 g/mol. The van der Waals surface area contributed by atoms with Gasteiger partial charge in [-0.15, -0.1) is 17.4 Å². The van der Waals surface area contributed by atoms with E-state index < -0.39 is 0 Å². The number of para-hydroxylation sites is 1. The van der Waals surface area contributed by atoms with Crippen molar-refractivity contribution in [3.63, 3.8) is 0 Å². The fraction of sp³-hybridized carbons (Fsp3) is 0.312. The van der Waals surface area contributed by atoms with Crippen LogP contribution in [0.3, 0.4) is 0 Å². The lowest BCUT2D eigenvalue weighted by Crippen LogP contribution is -2.11. The molecule has 0 aliphatic rings. The number of aromatic nitrogens is 3. The van der Waals surface area contributed by atoms with E-state index in [4.69, 9.17) is 6.42 Å². The van der Waals surface area contributed by atoms with Crippen LogP contribution in [0, 0.1) is 12.3 Å². The molecule has 0 spiro atoms. The van der Waals surface area contributed by atoms with E-state index in [1.807, 2.05) is 37.5 Å². The van der Waals surface area contributed by atoms with E-state index in [1.54, 1.807) is 4.68 Å². The van der Waals surface area contributed by atoms with Crippen LogP contribution in [0.2, 0.25) is 0 Å². The zero-order chi connectivity index (χ0) is 15.1. The highest BCUT2D eigenvalue weighted by atomic mass is 16.1. The molecule has 1 amide bonds. The van der Waals surface area contributed by atoms with E-state index >= 15 is 0 Å². The van der Waals surface area contributed by atoms with Crippen molar-refractivity contribution in [2.24, 2.45) is 7.05 Å². The summed E-state index contributed by atoms with van der Waals surface area (Å²) in [6, 6.07) is 7.57. The lowest BCUT2D eigenvalue weighted by Gasteiger charge is -2.09. The molecule has 1 aromatic carbocycles. The van der Waals surface area contributed by atoms with Crippen LogP contribution in [0.1, 0.15) is 25.7 Å². The van der Waals surface area contributed by atoms with Gasteiger partial charge in [0.15, 0.2) is 0 Å². The Bertz CT molecular complexity index is 654. The highest BCUT2D eigenvalue weighted by molar-refractivity contribution is 5.94. The van der Waals surface area contributed by atoms with Crippen molar-refractivity contribution < 1.29 is 4.79 Å². The Kier molecular flexibility index (Phi) is 5.10. The van der Waals surface area contributed by atoms with Gasteiger partial charge in [-0.2, -0.15) is 0 Å². The second-order valence-electron chi connectivity index (χ2n) is 4.78. The molecule has 0 unspecified atom stereocenters. The molecular formula is C16H18N4O. The third-order valence-electron chi connectivity index (χ3n) is 3.05. The van der Waals surface area contributed by atoms with Gasteiger partial charge in [0.2, 0.25) is 5.91 Å². The van der Waals surface area contributed by atoms with E-state index in [-0.39, 0.29) is 5.91 Å². The normalized spacial score (nSPS) is 10.1. The molecule has 108 valence electrons. The van der Waals surface area contributed by atoms with E-state index in [0.717, 1.165) is 29.8 Å². The third-order valence-corrected chi connectivity index (χ3v) is 3.05. The molecule has 1 N–H and O–H groups in total. The summed E-state index contributed by atoms with van der Waals surface area (Å²) < 4.78 is 1.63. The van der Waals surface area contributed by atoms with E-state index in [0.29, 0.717) is 12.8 Å². The number of benzene rings is 1. The van der Waals surface area contributed by atoms with Gasteiger partial charge in [0.1, 0.15) is 5.69 Å². The predicted octanol–water partition coefficient (Wildman–Crippen LogP) is 2.61. The largest absolute Gasteiger partial charge is 0.325 e.